The third-order valence-electron chi connectivity index (χ3n) is 2.09. The highest BCUT2D eigenvalue weighted by molar-refractivity contribution is 6.32. The van der Waals surface area contributed by atoms with Crippen LogP contribution in [0.2, 0.25) is 5.02 Å². The molecular weight excluding hydrogens is 182 g/mol. The van der Waals surface area contributed by atoms with Gasteiger partial charge in [-0.15, -0.1) is 0 Å². The molecule has 0 saturated heterocycles. The quantitative estimate of drug-likeness (QED) is 0.608. The lowest BCUT2D eigenvalue weighted by Gasteiger charge is -2.16. The Hall–Kier alpha value is -1.21. The summed E-state index contributed by atoms with van der Waals surface area (Å²) in [6.07, 6.45) is 8.03. The van der Waals surface area contributed by atoms with E-state index in [4.69, 9.17) is 11.6 Å². The van der Waals surface area contributed by atoms with Crippen LogP contribution in [0.4, 0.5) is 5.69 Å². The Kier molecular flexibility index (Phi) is 2.11. The molecule has 0 saturated carbocycles. The molecule has 0 fully saturated rings. The second-order valence-electron chi connectivity index (χ2n) is 2.98. The third kappa shape index (κ3) is 1.47. The second-order valence-corrected chi connectivity index (χ2v) is 3.39. The van der Waals surface area contributed by atoms with Crippen LogP contribution < -0.4 is 4.90 Å². The van der Waals surface area contributed by atoms with Gasteiger partial charge in [0.2, 0.25) is 0 Å². The highest BCUT2D eigenvalue weighted by Crippen LogP contribution is 2.29. The fourth-order valence-electron chi connectivity index (χ4n) is 1.41. The maximum Gasteiger partial charge on any atom is 0.0499 e. The summed E-state index contributed by atoms with van der Waals surface area (Å²) >= 11 is 6.07. The lowest BCUT2D eigenvalue weighted by atomic mass is 10.1. The highest BCUT2D eigenvalue weighted by atomic mass is 35.5. The summed E-state index contributed by atoms with van der Waals surface area (Å²) in [5, 5.41) is 0.796. The van der Waals surface area contributed by atoms with Crippen LogP contribution in [0.15, 0.2) is 36.6 Å². The summed E-state index contributed by atoms with van der Waals surface area (Å²) in [4.78, 5) is 2.06. The Morgan fingerprint density at radius 3 is 2.92 bits per heavy atom. The average Bonchev–Trinajstić information content (AvgIpc) is 2.30. The van der Waals surface area contributed by atoms with Gasteiger partial charge in [0.25, 0.3) is 0 Å². The summed E-state index contributed by atoms with van der Waals surface area (Å²) in [5.74, 6) is 0. The van der Waals surface area contributed by atoms with E-state index in [1.165, 1.54) is 0 Å². The number of hydrogen-bond acceptors (Lipinski definition) is 1. The largest absolute Gasteiger partial charge is 0.351 e. The molecule has 1 heterocycles. The zero-order chi connectivity index (χ0) is 9.26. The van der Waals surface area contributed by atoms with Gasteiger partial charge in [0.15, 0.2) is 0 Å². The Bertz CT molecular complexity index is 380. The fourth-order valence-corrected chi connectivity index (χ4v) is 1.64. The summed E-state index contributed by atoms with van der Waals surface area (Å²) < 4.78 is 0. The van der Waals surface area contributed by atoms with Crippen molar-refractivity contribution in [2.24, 2.45) is 0 Å². The predicted molar refractivity (Wildman–Crippen MR) is 58.0 cm³/mol. The van der Waals surface area contributed by atoms with Crippen molar-refractivity contribution in [2.45, 2.75) is 0 Å². The number of allylic oxidation sites excluding steroid dienone is 2. The van der Waals surface area contributed by atoms with Gasteiger partial charge < -0.3 is 4.90 Å². The van der Waals surface area contributed by atoms with Gasteiger partial charge in [0.05, 0.1) is 0 Å². The molecule has 13 heavy (non-hydrogen) atoms. The molecule has 0 aliphatic carbocycles. The third-order valence-corrected chi connectivity index (χ3v) is 2.42. The normalized spacial score (nSPS) is 14.2. The van der Waals surface area contributed by atoms with Crippen molar-refractivity contribution < 1.29 is 0 Å². The van der Waals surface area contributed by atoms with Gasteiger partial charge in [0, 0.05) is 29.5 Å². The van der Waals surface area contributed by atoms with Crippen molar-refractivity contribution in [3.05, 3.63) is 47.1 Å². The molecule has 0 aromatic heterocycles. The average molecular weight is 192 g/mol. The fraction of sp³-hybridized carbons (Fsp3) is 0.0909. The van der Waals surface area contributed by atoms with E-state index in [2.05, 4.69) is 11.0 Å². The first kappa shape index (κ1) is 8.39. The number of anilines is 1. The van der Waals surface area contributed by atoms with Crippen LogP contribution in [0.1, 0.15) is 5.56 Å². The number of nitrogens with zero attached hydrogens (tertiary/aromatic N) is 1. The molecule has 1 aromatic rings. The Balaban J connectivity index is 2.63. The van der Waals surface area contributed by atoms with Crippen LogP contribution >= 0.6 is 11.6 Å². The van der Waals surface area contributed by atoms with E-state index in [-0.39, 0.29) is 0 Å². The molecular formula is C11H10ClN. The number of benzene rings is 1. The number of fused-ring (bicyclic) bond motifs is 1. The minimum atomic E-state index is 0.796. The van der Waals surface area contributed by atoms with E-state index in [0.29, 0.717) is 0 Å². The lowest BCUT2D eigenvalue weighted by molar-refractivity contribution is 1.20. The van der Waals surface area contributed by atoms with Crippen LogP contribution in [0, 0.1) is 0 Å². The Morgan fingerprint density at radius 2 is 2.08 bits per heavy atom. The minimum Gasteiger partial charge on any atom is -0.351 e. The van der Waals surface area contributed by atoms with E-state index in [1.807, 2.05) is 43.6 Å². The van der Waals surface area contributed by atoms with E-state index in [0.717, 1.165) is 16.3 Å². The van der Waals surface area contributed by atoms with Crippen molar-refractivity contribution in [2.75, 3.05) is 11.9 Å². The molecule has 2 rings (SSSR count). The van der Waals surface area contributed by atoms with E-state index in [9.17, 15) is 0 Å². The molecule has 66 valence electrons. The van der Waals surface area contributed by atoms with E-state index in [1.54, 1.807) is 0 Å². The van der Waals surface area contributed by atoms with Crippen molar-refractivity contribution in [3.8, 4) is 0 Å². The topological polar surface area (TPSA) is 3.24 Å². The predicted octanol–water partition coefficient (Wildman–Crippen LogP) is 3.32. The molecule has 0 N–H and O–H groups in total. The zero-order valence-electron chi connectivity index (χ0n) is 7.37. The van der Waals surface area contributed by atoms with Crippen molar-refractivity contribution >= 4 is 23.4 Å². The van der Waals surface area contributed by atoms with Crippen molar-refractivity contribution in [3.63, 3.8) is 0 Å². The van der Waals surface area contributed by atoms with Gasteiger partial charge in [0.1, 0.15) is 0 Å². The number of rotatable bonds is 0. The lowest BCUT2D eigenvalue weighted by Crippen LogP contribution is -2.08. The van der Waals surface area contributed by atoms with E-state index >= 15 is 0 Å². The van der Waals surface area contributed by atoms with Crippen LogP contribution in [-0.2, 0) is 0 Å². The molecule has 1 aliphatic rings. The first-order chi connectivity index (χ1) is 6.29. The van der Waals surface area contributed by atoms with Gasteiger partial charge in [-0.25, -0.2) is 0 Å². The molecule has 0 amide bonds. The second kappa shape index (κ2) is 3.27. The molecule has 2 heteroatoms. The van der Waals surface area contributed by atoms with Crippen molar-refractivity contribution in [1.82, 2.24) is 0 Å². The zero-order valence-corrected chi connectivity index (χ0v) is 8.12. The molecule has 1 aliphatic heterocycles. The summed E-state index contributed by atoms with van der Waals surface area (Å²) in [5.41, 5.74) is 2.22. The summed E-state index contributed by atoms with van der Waals surface area (Å²) in [6, 6.07) is 5.93. The number of hydrogen-bond donors (Lipinski definition) is 0. The van der Waals surface area contributed by atoms with Gasteiger partial charge in [-0.3, -0.25) is 0 Å². The van der Waals surface area contributed by atoms with Crippen LogP contribution in [0.3, 0.4) is 0 Å². The first-order valence-electron chi connectivity index (χ1n) is 4.15. The smallest absolute Gasteiger partial charge is 0.0499 e. The van der Waals surface area contributed by atoms with Gasteiger partial charge in [-0.1, -0.05) is 29.8 Å². The van der Waals surface area contributed by atoms with Crippen LogP contribution in [0.5, 0.6) is 0 Å². The van der Waals surface area contributed by atoms with Crippen LogP contribution in [-0.4, -0.2) is 7.05 Å². The molecule has 0 atom stereocenters. The van der Waals surface area contributed by atoms with Gasteiger partial charge in [-0.05, 0) is 18.2 Å². The van der Waals surface area contributed by atoms with Gasteiger partial charge >= 0.3 is 0 Å². The highest BCUT2D eigenvalue weighted by Gasteiger charge is 2.07. The Labute approximate surface area is 82.9 Å². The molecule has 0 radical (unpaired) electrons. The maximum absolute atomic E-state index is 6.07. The van der Waals surface area contributed by atoms with E-state index < -0.39 is 0 Å². The van der Waals surface area contributed by atoms with Crippen molar-refractivity contribution in [1.29, 1.82) is 0 Å². The summed E-state index contributed by atoms with van der Waals surface area (Å²) in [6.45, 7) is 0. The molecule has 1 nitrogen and oxygen atoms in total. The molecule has 0 unspecified atom stereocenters. The summed E-state index contributed by atoms with van der Waals surface area (Å²) in [7, 11) is 2.01. The maximum atomic E-state index is 6.07. The van der Waals surface area contributed by atoms with Gasteiger partial charge in [-0.2, -0.15) is 0 Å². The minimum absolute atomic E-state index is 0.796. The molecule has 1 aromatic carbocycles. The SMILES string of the molecule is CN1C=CC=Cc2c(Cl)cccc21. The first-order valence-corrected chi connectivity index (χ1v) is 4.53. The Morgan fingerprint density at radius 1 is 1.23 bits per heavy atom. The van der Waals surface area contributed by atoms with Crippen LogP contribution in [0.25, 0.3) is 6.08 Å². The standard InChI is InChI=1S/C11H10ClN/c1-13-8-3-2-5-9-10(12)6-4-7-11(9)13/h2-8H,1H3. The molecule has 0 spiro atoms. The monoisotopic (exact) mass is 191 g/mol. The number of halogens is 1. The molecule has 0 bridgehead atoms.